The molecule has 1 aromatic carbocycles. The van der Waals surface area contributed by atoms with Crippen molar-refractivity contribution in [1.82, 2.24) is 5.32 Å². The number of benzene rings is 1. The summed E-state index contributed by atoms with van der Waals surface area (Å²) >= 11 is 3.32. The molecule has 0 aliphatic heterocycles. The summed E-state index contributed by atoms with van der Waals surface area (Å²) in [7, 11) is 1.52. The highest BCUT2D eigenvalue weighted by molar-refractivity contribution is 9.10. The van der Waals surface area contributed by atoms with Crippen LogP contribution in [0.1, 0.15) is 19.4 Å². The molecule has 0 radical (unpaired) electrons. The lowest BCUT2D eigenvalue weighted by atomic mass is 10.0. The predicted octanol–water partition coefficient (Wildman–Crippen LogP) is 1.98. The Bertz CT molecular complexity index is 499. The number of carboxylic acids is 1. The number of aliphatic carboxylic acids is 1. The van der Waals surface area contributed by atoms with Crippen molar-refractivity contribution >= 4 is 27.8 Å². The lowest BCUT2D eigenvalue weighted by Gasteiger charge is -2.21. The molecule has 1 aromatic rings. The van der Waals surface area contributed by atoms with Crippen LogP contribution in [0.4, 0.5) is 0 Å². The van der Waals surface area contributed by atoms with Crippen LogP contribution in [0.25, 0.3) is 0 Å². The third kappa shape index (κ3) is 4.24. The number of hydrogen-bond acceptors (Lipinski definition) is 3. The Balaban J connectivity index is 2.83. The van der Waals surface area contributed by atoms with E-state index < -0.39 is 11.5 Å². The summed E-state index contributed by atoms with van der Waals surface area (Å²) < 4.78 is 5.99. The summed E-state index contributed by atoms with van der Waals surface area (Å²) in [6.45, 7) is 2.87. The van der Waals surface area contributed by atoms with Gasteiger partial charge in [-0.05, 0) is 32.0 Å². The molecule has 0 saturated carbocycles. The van der Waals surface area contributed by atoms with E-state index in [0.717, 1.165) is 4.47 Å². The van der Waals surface area contributed by atoms with E-state index in [0.29, 0.717) is 11.3 Å². The van der Waals surface area contributed by atoms with E-state index in [2.05, 4.69) is 21.2 Å². The summed E-state index contributed by atoms with van der Waals surface area (Å²) in [5.74, 6) is -0.864. The van der Waals surface area contributed by atoms with Crippen LogP contribution >= 0.6 is 15.9 Å². The van der Waals surface area contributed by atoms with E-state index >= 15 is 0 Å². The molecule has 0 heterocycles. The largest absolute Gasteiger partial charge is 0.496 e. The standard InChI is InChI=1S/C13H16BrNO4/c1-13(2,12(17)18)15-11(16)7-8-6-9(14)4-5-10(8)19-3/h4-6H,7H2,1-3H3,(H,15,16)(H,17,18). The summed E-state index contributed by atoms with van der Waals surface area (Å²) in [6.07, 6.45) is 0.0549. The minimum atomic E-state index is -1.30. The maximum Gasteiger partial charge on any atom is 0.328 e. The van der Waals surface area contributed by atoms with Crippen LogP contribution in [0.2, 0.25) is 0 Å². The van der Waals surface area contributed by atoms with Crippen molar-refractivity contribution < 1.29 is 19.4 Å². The monoisotopic (exact) mass is 329 g/mol. The van der Waals surface area contributed by atoms with Crippen LogP contribution in [0, 0.1) is 0 Å². The molecule has 2 N–H and O–H groups in total. The van der Waals surface area contributed by atoms with Gasteiger partial charge >= 0.3 is 5.97 Å². The van der Waals surface area contributed by atoms with E-state index in [1.54, 1.807) is 18.2 Å². The molecule has 5 nitrogen and oxygen atoms in total. The molecule has 104 valence electrons. The van der Waals surface area contributed by atoms with Gasteiger partial charge in [0.05, 0.1) is 13.5 Å². The number of halogens is 1. The first-order chi connectivity index (χ1) is 8.76. The van der Waals surface area contributed by atoms with Crippen LogP contribution in [-0.4, -0.2) is 29.6 Å². The Morgan fingerprint density at radius 2 is 2.05 bits per heavy atom. The Kier molecular flexibility index (Phi) is 4.94. The molecule has 0 bridgehead atoms. The number of carboxylic acid groups (broad SMARTS) is 1. The number of nitrogens with one attached hydrogen (secondary N) is 1. The fourth-order valence-corrected chi connectivity index (χ4v) is 1.91. The minimum absolute atomic E-state index is 0.0549. The Morgan fingerprint density at radius 1 is 1.42 bits per heavy atom. The average molecular weight is 330 g/mol. The molecule has 6 heteroatoms. The van der Waals surface area contributed by atoms with Crippen molar-refractivity contribution in [1.29, 1.82) is 0 Å². The zero-order chi connectivity index (χ0) is 14.6. The van der Waals surface area contributed by atoms with Crippen molar-refractivity contribution in [2.45, 2.75) is 25.8 Å². The molecule has 0 unspecified atom stereocenters. The molecule has 0 fully saturated rings. The number of hydrogen-bond donors (Lipinski definition) is 2. The van der Waals surface area contributed by atoms with E-state index in [1.807, 2.05) is 0 Å². The molecule has 0 aliphatic rings. The second-order valence-electron chi connectivity index (χ2n) is 4.61. The van der Waals surface area contributed by atoms with Crippen molar-refractivity contribution in [3.8, 4) is 5.75 Å². The van der Waals surface area contributed by atoms with Gasteiger partial charge in [-0.2, -0.15) is 0 Å². The highest BCUT2D eigenvalue weighted by Gasteiger charge is 2.29. The van der Waals surface area contributed by atoms with Gasteiger partial charge in [-0.25, -0.2) is 4.79 Å². The smallest absolute Gasteiger partial charge is 0.328 e. The fourth-order valence-electron chi connectivity index (χ4n) is 1.50. The molecule has 0 aromatic heterocycles. The topological polar surface area (TPSA) is 75.6 Å². The summed E-state index contributed by atoms with van der Waals surface area (Å²) in [5.41, 5.74) is -0.605. The van der Waals surface area contributed by atoms with Crippen molar-refractivity contribution in [2.75, 3.05) is 7.11 Å². The molecule has 1 rings (SSSR count). The number of amides is 1. The maximum absolute atomic E-state index is 11.9. The van der Waals surface area contributed by atoms with E-state index in [1.165, 1.54) is 21.0 Å². The molecular weight excluding hydrogens is 314 g/mol. The molecule has 0 aliphatic carbocycles. The van der Waals surface area contributed by atoms with Gasteiger partial charge in [0.15, 0.2) is 0 Å². The van der Waals surface area contributed by atoms with Crippen LogP contribution in [0.5, 0.6) is 5.75 Å². The summed E-state index contributed by atoms with van der Waals surface area (Å²) in [4.78, 5) is 22.8. The number of rotatable bonds is 5. The third-order valence-electron chi connectivity index (χ3n) is 2.58. The first-order valence-corrected chi connectivity index (χ1v) is 6.42. The van der Waals surface area contributed by atoms with Crippen LogP contribution < -0.4 is 10.1 Å². The quantitative estimate of drug-likeness (QED) is 0.866. The fraction of sp³-hybridized carbons (Fsp3) is 0.385. The first-order valence-electron chi connectivity index (χ1n) is 5.63. The SMILES string of the molecule is COc1ccc(Br)cc1CC(=O)NC(C)(C)C(=O)O. The van der Waals surface area contributed by atoms with E-state index in [-0.39, 0.29) is 12.3 Å². The predicted molar refractivity (Wildman–Crippen MR) is 74.3 cm³/mol. The van der Waals surface area contributed by atoms with Gasteiger partial charge in [-0.15, -0.1) is 0 Å². The normalized spacial score (nSPS) is 10.9. The molecule has 0 saturated heterocycles. The zero-order valence-electron chi connectivity index (χ0n) is 11.0. The van der Waals surface area contributed by atoms with Gasteiger partial charge < -0.3 is 15.2 Å². The van der Waals surface area contributed by atoms with Crippen molar-refractivity contribution in [3.05, 3.63) is 28.2 Å². The highest BCUT2D eigenvalue weighted by atomic mass is 79.9. The molecule has 19 heavy (non-hydrogen) atoms. The van der Waals surface area contributed by atoms with Crippen molar-refractivity contribution in [2.24, 2.45) is 0 Å². The Morgan fingerprint density at radius 3 is 2.58 bits per heavy atom. The second kappa shape index (κ2) is 6.06. The Hall–Kier alpha value is -1.56. The highest BCUT2D eigenvalue weighted by Crippen LogP contribution is 2.23. The number of methoxy groups -OCH3 is 1. The molecular formula is C13H16BrNO4. The van der Waals surface area contributed by atoms with Gasteiger partial charge in [0.2, 0.25) is 5.91 Å². The minimum Gasteiger partial charge on any atom is -0.496 e. The van der Waals surface area contributed by atoms with Crippen LogP contribution in [-0.2, 0) is 16.0 Å². The van der Waals surface area contributed by atoms with E-state index in [4.69, 9.17) is 9.84 Å². The molecule has 0 spiro atoms. The third-order valence-corrected chi connectivity index (χ3v) is 3.07. The lowest BCUT2D eigenvalue weighted by molar-refractivity contribution is -0.145. The van der Waals surface area contributed by atoms with Gasteiger partial charge in [0, 0.05) is 10.0 Å². The molecule has 0 atom stereocenters. The first kappa shape index (κ1) is 15.5. The number of carbonyl (C=O) groups is 2. The van der Waals surface area contributed by atoms with Gasteiger partial charge in [0.25, 0.3) is 0 Å². The van der Waals surface area contributed by atoms with Crippen molar-refractivity contribution in [3.63, 3.8) is 0 Å². The second-order valence-corrected chi connectivity index (χ2v) is 5.53. The maximum atomic E-state index is 11.9. The summed E-state index contributed by atoms with van der Waals surface area (Å²) in [5, 5.41) is 11.4. The average Bonchev–Trinajstić information content (AvgIpc) is 2.28. The van der Waals surface area contributed by atoms with E-state index in [9.17, 15) is 9.59 Å². The van der Waals surface area contributed by atoms with Gasteiger partial charge in [-0.1, -0.05) is 15.9 Å². The zero-order valence-corrected chi connectivity index (χ0v) is 12.6. The van der Waals surface area contributed by atoms with Gasteiger partial charge in [-0.3, -0.25) is 4.79 Å². The number of ether oxygens (including phenoxy) is 1. The Labute approximate surface area is 120 Å². The van der Waals surface area contributed by atoms with Crippen LogP contribution in [0.3, 0.4) is 0 Å². The lowest BCUT2D eigenvalue weighted by Crippen LogP contribution is -2.50. The summed E-state index contributed by atoms with van der Waals surface area (Å²) in [6, 6.07) is 5.32. The number of carbonyl (C=O) groups excluding carboxylic acids is 1. The molecule has 1 amide bonds. The van der Waals surface area contributed by atoms with Crippen LogP contribution in [0.15, 0.2) is 22.7 Å². The van der Waals surface area contributed by atoms with Gasteiger partial charge in [0.1, 0.15) is 11.3 Å².